The average molecular weight is 355 g/mol. The summed E-state index contributed by atoms with van der Waals surface area (Å²) in [6.45, 7) is 2.91. The SMILES string of the molecule is Cc1ccc(OCCCC(=O)Nc2ccc(CNC(=O)CN)cc2)cc1. The maximum Gasteiger partial charge on any atom is 0.234 e. The minimum Gasteiger partial charge on any atom is -0.494 e. The molecule has 6 nitrogen and oxygen atoms in total. The summed E-state index contributed by atoms with van der Waals surface area (Å²) in [5.74, 6) is 0.560. The van der Waals surface area contributed by atoms with Crippen LogP contribution in [0.1, 0.15) is 24.0 Å². The normalized spacial score (nSPS) is 10.2. The molecule has 0 unspecified atom stereocenters. The van der Waals surface area contributed by atoms with Crippen molar-refractivity contribution in [1.82, 2.24) is 5.32 Å². The van der Waals surface area contributed by atoms with E-state index in [0.29, 0.717) is 26.0 Å². The Balaban J connectivity index is 1.67. The van der Waals surface area contributed by atoms with Gasteiger partial charge in [0.1, 0.15) is 5.75 Å². The van der Waals surface area contributed by atoms with Crippen LogP contribution < -0.4 is 21.1 Å². The van der Waals surface area contributed by atoms with Gasteiger partial charge >= 0.3 is 0 Å². The number of anilines is 1. The molecule has 0 heterocycles. The van der Waals surface area contributed by atoms with Crippen LogP contribution in [-0.2, 0) is 16.1 Å². The Labute approximate surface area is 153 Å². The molecule has 0 atom stereocenters. The number of hydrogen-bond donors (Lipinski definition) is 3. The van der Waals surface area contributed by atoms with Crippen molar-refractivity contribution in [2.45, 2.75) is 26.3 Å². The molecule has 0 spiro atoms. The first-order valence-corrected chi connectivity index (χ1v) is 8.62. The first kappa shape index (κ1) is 19.5. The predicted octanol–water partition coefficient (Wildman–Crippen LogP) is 2.37. The Morgan fingerprint density at radius 3 is 2.35 bits per heavy atom. The molecule has 2 aromatic rings. The van der Waals surface area contributed by atoms with Gasteiger partial charge in [-0.05, 0) is 43.2 Å². The Morgan fingerprint density at radius 2 is 1.69 bits per heavy atom. The zero-order valence-corrected chi connectivity index (χ0v) is 15.0. The highest BCUT2D eigenvalue weighted by Gasteiger charge is 2.04. The number of rotatable bonds is 9. The standard InChI is InChI=1S/C20H25N3O3/c1-15-4-10-18(11-5-15)26-12-2-3-19(24)23-17-8-6-16(7-9-17)14-22-20(25)13-21/h4-11H,2-3,12-14,21H2,1H3,(H,22,25)(H,23,24). The number of ether oxygens (including phenoxy) is 1. The summed E-state index contributed by atoms with van der Waals surface area (Å²) in [5, 5.41) is 5.54. The lowest BCUT2D eigenvalue weighted by Gasteiger charge is -2.08. The fraction of sp³-hybridized carbons (Fsp3) is 0.300. The molecule has 2 amide bonds. The van der Waals surface area contributed by atoms with Crippen LogP contribution in [-0.4, -0.2) is 25.0 Å². The molecule has 0 aromatic heterocycles. The lowest BCUT2D eigenvalue weighted by Crippen LogP contribution is -2.29. The van der Waals surface area contributed by atoms with E-state index >= 15 is 0 Å². The second-order valence-electron chi connectivity index (χ2n) is 5.99. The van der Waals surface area contributed by atoms with Crippen LogP contribution in [0, 0.1) is 6.92 Å². The van der Waals surface area contributed by atoms with Crippen molar-refractivity contribution in [3.8, 4) is 5.75 Å². The lowest BCUT2D eigenvalue weighted by molar-refractivity contribution is -0.120. The van der Waals surface area contributed by atoms with Crippen molar-refractivity contribution in [3.05, 3.63) is 59.7 Å². The van der Waals surface area contributed by atoms with E-state index in [4.69, 9.17) is 10.5 Å². The molecule has 26 heavy (non-hydrogen) atoms. The summed E-state index contributed by atoms with van der Waals surface area (Å²) in [4.78, 5) is 23.1. The number of nitrogens with one attached hydrogen (secondary N) is 2. The van der Waals surface area contributed by atoms with Crippen LogP contribution in [0.5, 0.6) is 5.75 Å². The highest BCUT2D eigenvalue weighted by molar-refractivity contribution is 5.90. The summed E-state index contributed by atoms with van der Waals surface area (Å²) >= 11 is 0. The minimum atomic E-state index is -0.199. The van der Waals surface area contributed by atoms with Gasteiger partial charge in [0.15, 0.2) is 0 Å². The molecule has 2 aromatic carbocycles. The fourth-order valence-corrected chi connectivity index (χ4v) is 2.26. The largest absolute Gasteiger partial charge is 0.494 e. The van der Waals surface area contributed by atoms with Crippen LogP contribution >= 0.6 is 0 Å². The van der Waals surface area contributed by atoms with Crippen molar-refractivity contribution < 1.29 is 14.3 Å². The number of carbonyl (C=O) groups is 2. The maximum absolute atomic E-state index is 12.0. The van der Waals surface area contributed by atoms with E-state index in [1.165, 1.54) is 5.56 Å². The molecule has 2 rings (SSSR count). The third kappa shape index (κ3) is 6.94. The Hall–Kier alpha value is -2.86. The minimum absolute atomic E-state index is 0.0260. The molecule has 0 saturated carbocycles. The molecule has 138 valence electrons. The number of benzene rings is 2. The molecule has 0 aliphatic heterocycles. The summed E-state index contributed by atoms with van der Waals surface area (Å²) < 4.78 is 5.61. The fourth-order valence-electron chi connectivity index (χ4n) is 2.26. The van der Waals surface area contributed by atoms with E-state index in [-0.39, 0.29) is 18.4 Å². The molecular formula is C20H25N3O3. The predicted molar refractivity (Wildman–Crippen MR) is 102 cm³/mol. The summed E-state index contributed by atoms with van der Waals surface area (Å²) in [6, 6.07) is 15.2. The van der Waals surface area contributed by atoms with Crippen molar-refractivity contribution in [2.75, 3.05) is 18.5 Å². The van der Waals surface area contributed by atoms with Gasteiger partial charge in [-0.15, -0.1) is 0 Å². The van der Waals surface area contributed by atoms with Crippen LogP contribution in [0.25, 0.3) is 0 Å². The third-order valence-corrected chi connectivity index (χ3v) is 3.75. The molecule has 0 aliphatic rings. The monoisotopic (exact) mass is 355 g/mol. The van der Waals surface area contributed by atoms with E-state index in [2.05, 4.69) is 10.6 Å². The van der Waals surface area contributed by atoms with Gasteiger partial charge in [-0.3, -0.25) is 9.59 Å². The Bertz CT molecular complexity index is 712. The molecule has 0 bridgehead atoms. The van der Waals surface area contributed by atoms with Gasteiger partial charge in [-0.25, -0.2) is 0 Å². The Kier molecular flexibility index (Phi) is 7.64. The van der Waals surface area contributed by atoms with E-state index < -0.39 is 0 Å². The molecule has 6 heteroatoms. The molecule has 0 fully saturated rings. The van der Waals surface area contributed by atoms with E-state index in [0.717, 1.165) is 17.0 Å². The first-order valence-electron chi connectivity index (χ1n) is 8.62. The zero-order chi connectivity index (χ0) is 18.8. The van der Waals surface area contributed by atoms with Gasteiger partial charge in [0.05, 0.1) is 13.2 Å². The molecule has 4 N–H and O–H groups in total. The van der Waals surface area contributed by atoms with Crippen molar-refractivity contribution in [3.63, 3.8) is 0 Å². The number of amides is 2. The van der Waals surface area contributed by atoms with Crippen LogP contribution in [0.4, 0.5) is 5.69 Å². The molecular weight excluding hydrogens is 330 g/mol. The van der Waals surface area contributed by atoms with Gasteiger partial charge in [-0.1, -0.05) is 29.8 Å². The molecule has 0 saturated heterocycles. The average Bonchev–Trinajstić information content (AvgIpc) is 2.66. The smallest absolute Gasteiger partial charge is 0.234 e. The van der Waals surface area contributed by atoms with E-state index in [9.17, 15) is 9.59 Å². The maximum atomic E-state index is 12.0. The van der Waals surface area contributed by atoms with Gasteiger partial charge < -0.3 is 21.1 Å². The highest BCUT2D eigenvalue weighted by atomic mass is 16.5. The topological polar surface area (TPSA) is 93.5 Å². The third-order valence-electron chi connectivity index (χ3n) is 3.75. The van der Waals surface area contributed by atoms with E-state index in [1.807, 2.05) is 55.5 Å². The number of aryl methyl sites for hydroxylation is 1. The Morgan fingerprint density at radius 1 is 1.00 bits per heavy atom. The van der Waals surface area contributed by atoms with Crippen molar-refractivity contribution in [2.24, 2.45) is 5.73 Å². The van der Waals surface area contributed by atoms with Crippen molar-refractivity contribution >= 4 is 17.5 Å². The van der Waals surface area contributed by atoms with Crippen LogP contribution in [0.2, 0.25) is 0 Å². The second-order valence-corrected chi connectivity index (χ2v) is 5.99. The molecule has 0 radical (unpaired) electrons. The number of nitrogens with two attached hydrogens (primary N) is 1. The first-order chi connectivity index (χ1) is 12.6. The zero-order valence-electron chi connectivity index (χ0n) is 15.0. The summed E-state index contributed by atoms with van der Waals surface area (Å²) in [5.41, 5.74) is 8.09. The number of carbonyl (C=O) groups excluding carboxylic acids is 2. The summed E-state index contributed by atoms with van der Waals surface area (Å²) in [7, 11) is 0. The highest BCUT2D eigenvalue weighted by Crippen LogP contribution is 2.13. The van der Waals surface area contributed by atoms with Crippen LogP contribution in [0.15, 0.2) is 48.5 Å². The van der Waals surface area contributed by atoms with Gasteiger partial charge in [-0.2, -0.15) is 0 Å². The molecule has 0 aliphatic carbocycles. The van der Waals surface area contributed by atoms with Gasteiger partial charge in [0.2, 0.25) is 11.8 Å². The van der Waals surface area contributed by atoms with Gasteiger partial charge in [0.25, 0.3) is 0 Å². The quantitative estimate of drug-likeness (QED) is 0.602. The van der Waals surface area contributed by atoms with E-state index in [1.54, 1.807) is 0 Å². The second kappa shape index (κ2) is 10.2. The summed E-state index contributed by atoms with van der Waals surface area (Å²) in [6.07, 6.45) is 1.03. The van der Waals surface area contributed by atoms with Crippen LogP contribution in [0.3, 0.4) is 0 Å². The van der Waals surface area contributed by atoms with Gasteiger partial charge in [0, 0.05) is 18.7 Å². The lowest BCUT2D eigenvalue weighted by atomic mass is 10.2. The van der Waals surface area contributed by atoms with Crippen molar-refractivity contribution in [1.29, 1.82) is 0 Å². The number of hydrogen-bond acceptors (Lipinski definition) is 4.